The van der Waals surface area contributed by atoms with Gasteiger partial charge < -0.3 is 0 Å². The van der Waals surface area contributed by atoms with E-state index in [0.717, 1.165) is 11.3 Å². The van der Waals surface area contributed by atoms with Gasteiger partial charge in [-0.2, -0.15) is 9.40 Å². The number of aromatic nitrogens is 2. The second-order valence-electron chi connectivity index (χ2n) is 7.14. The van der Waals surface area contributed by atoms with E-state index in [1.807, 2.05) is 17.2 Å². The highest BCUT2D eigenvalue weighted by molar-refractivity contribution is 7.89. The number of rotatable bonds is 6. The van der Waals surface area contributed by atoms with Gasteiger partial charge >= 0.3 is 0 Å². The van der Waals surface area contributed by atoms with Crippen molar-refractivity contribution in [3.63, 3.8) is 0 Å². The van der Waals surface area contributed by atoms with Gasteiger partial charge in [-0.25, -0.2) is 12.8 Å². The van der Waals surface area contributed by atoms with Crippen LogP contribution in [0.5, 0.6) is 0 Å². The zero-order valence-corrected chi connectivity index (χ0v) is 17.3. The van der Waals surface area contributed by atoms with Crippen LogP contribution in [0.2, 0.25) is 0 Å². The smallest absolute Gasteiger partial charge is 0.282 e. The fourth-order valence-electron chi connectivity index (χ4n) is 3.50. The highest BCUT2D eigenvalue weighted by atomic mass is 32.2. The molecule has 0 radical (unpaired) electrons. The highest BCUT2D eigenvalue weighted by Crippen LogP contribution is 2.27. The van der Waals surface area contributed by atoms with Gasteiger partial charge in [0.15, 0.2) is 4.90 Å². The van der Waals surface area contributed by atoms with E-state index in [-0.39, 0.29) is 23.8 Å². The number of nitro benzene ring substituents is 1. The molecule has 2 aromatic carbocycles. The maximum atomic E-state index is 13.1. The first-order valence-electron chi connectivity index (χ1n) is 9.60. The molecule has 2 heterocycles. The maximum absolute atomic E-state index is 13.1. The molecule has 11 heteroatoms. The number of para-hydroxylation sites is 1. The third-order valence-electron chi connectivity index (χ3n) is 5.14. The van der Waals surface area contributed by atoms with Gasteiger partial charge in [-0.1, -0.05) is 12.1 Å². The van der Waals surface area contributed by atoms with Gasteiger partial charge in [0.05, 0.1) is 17.3 Å². The summed E-state index contributed by atoms with van der Waals surface area (Å²) in [5.41, 5.74) is 1.10. The number of halogens is 1. The Labute approximate surface area is 178 Å². The summed E-state index contributed by atoms with van der Waals surface area (Å²) in [6.45, 7) is 1.85. The van der Waals surface area contributed by atoms with E-state index in [1.54, 1.807) is 16.8 Å². The molecule has 3 aromatic rings. The summed E-state index contributed by atoms with van der Waals surface area (Å²) >= 11 is 0. The van der Waals surface area contributed by atoms with Crippen LogP contribution in [0.25, 0.3) is 11.3 Å². The number of nitrogens with zero attached hydrogens (tertiary/aromatic N) is 5. The number of benzene rings is 2. The van der Waals surface area contributed by atoms with E-state index >= 15 is 0 Å². The third kappa shape index (κ3) is 4.48. The fourth-order valence-corrected chi connectivity index (χ4v) is 5.08. The maximum Gasteiger partial charge on any atom is 0.289 e. The third-order valence-corrected chi connectivity index (χ3v) is 7.08. The molecule has 0 aliphatic carbocycles. The minimum Gasteiger partial charge on any atom is -0.282 e. The van der Waals surface area contributed by atoms with E-state index in [4.69, 9.17) is 0 Å². The van der Waals surface area contributed by atoms with Crippen LogP contribution < -0.4 is 0 Å². The van der Waals surface area contributed by atoms with Crippen LogP contribution in [0.1, 0.15) is 0 Å². The lowest BCUT2D eigenvalue weighted by Gasteiger charge is -2.33. The molecule has 1 aliphatic heterocycles. The lowest BCUT2D eigenvalue weighted by atomic mass is 10.1. The minimum atomic E-state index is -3.96. The van der Waals surface area contributed by atoms with Gasteiger partial charge in [0, 0.05) is 44.0 Å². The molecule has 0 atom stereocenters. The Bertz CT molecular complexity index is 1190. The molecule has 1 aliphatic rings. The first-order valence-corrected chi connectivity index (χ1v) is 11.0. The number of nitro groups is 1. The van der Waals surface area contributed by atoms with E-state index in [1.165, 1.54) is 40.7 Å². The van der Waals surface area contributed by atoms with Crippen molar-refractivity contribution >= 4 is 15.7 Å². The number of hydrogen-bond acceptors (Lipinski definition) is 6. The van der Waals surface area contributed by atoms with Crippen molar-refractivity contribution in [2.75, 3.05) is 26.2 Å². The predicted molar refractivity (Wildman–Crippen MR) is 111 cm³/mol. The van der Waals surface area contributed by atoms with Gasteiger partial charge in [-0.3, -0.25) is 19.7 Å². The lowest BCUT2D eigenvalue weighted by Crippen LogP contribution is -2.48. The van der Waals surface area contributed by atoms with Crippen molar-refractivity contribution in [2.45, 2.75) is 11.6 Å². The van der Waals surface area contributed by atoms with Crippen molar-refractivity contribution in [1.82, 2.24) is 19.0 Å². The molecule has 4 rings (SSSR count). The number of piperazine rings is 1. The molecule has 0 saturated carbocycles. The van der Waals surface area contributed by atoms with Gasteiger partial charge in [0.1, 0.15) is 5.82 Å². The Kier molecular flexibility index (Phi) is 5.81. The Hall–Kier alpha value is -3.15. The second kappa shape index (κ2) is 8.53. The molecular formula is C20H20FN5O4S. The first kappa shape index (κ1) is 21.1. The van der Waals surface area contributed by atoms with Gasteiger partial charge in [-0.05, 0) is 36.4 Å². The normalized spacial score (nSPS) is 15.8. The summed E-state index contributed by atoms with van der Waals surface area (Å²) in [5, 5.41) is 15.7. The highest BCUT2D eigenvalue weighted by Gasteiger charge is 2.33. The standard InChI is InChI=1S/C20H20FN5O4S/c21-17-7-5-16(6-8-17)18-9-10-24(22-18)15-23-11-13-25(14-12-23)31(29,30)20-4-2-1-3-19(20)26(27)28/h1-10H,11-15H2. The summed E-state index contributed by atoms with van der Waals surface area (Å²) in [5.74, 6) is -0.308. The molecule has 162 valence electrons. The van der Waals surface area contributed by atoms with Crippen LogP contribution in [-0.2, 0) is 16.7 Å². The Morgan fingerprint density at radius 2 is 1.68 bits per heavy atom. The quantitative estimate of drug-likeness (QED) is 0.427. The molecule has 1 fully saturated rings. The Balaban J connectivity index is 1.40. The Morgan fingerprint density at radius 3 is 2.35 bits per heavy atom. The zero-order valence-electron chi connectivity index (χ0n) is 16.5. The monoisotopic (exact) mass is 445 g/mol. The average molecular weight is 445 g/mol. The number of sulfonamides is 1. The van der Waals surface area contributed by atoms with Gasteiger partial charge in [0.25, 0.3) is 5.69 Å². The summed E-state index contributed by atoms with van der Waals surface area (Å²) in [4.78, 5) is 12.3. The van der Waals surface area contributed by atoms with Crippen molar-refractivity contribution < 1.29 is 17.7 Å². The second-order valence-corrected chi connectivity index (χ2v) is 9.04. The van der Waals surface area contributed by atoms with Crippen molar-refractivity contribution in [2.24, 2.45) is 0 Å². The summed E-state index contributed by atoms with van der Waals surface area (Å²) < 4.78 is 41.9. The molecule has 0 N–H and O–H groups in total. The minimum absolute atomic E-state index is 0.223. The summed E-state index contributed by atoms with van der Waals surface area (Å²) in [6.07, 6.45) is 1.81. The molecular weight excluding hydrogens is 425 g/mol. The predicted octanol–water partition coefficient (Wildman–Crippen LogP) is 2.56. The topological polar surface area (TPSA) is 102 Å². The molecule has 0 amide bonds. The van der Waals surface area contributed by atoms with E-state index in [9.17, 15) is 22.9 Å². The largest absolute Gasteiger partial charge is 0.289 e. The van der Waals surface area contributed by atoms with Crippen LogP contribution in [0.4, 0.5) is 10.1 Å². The summed E-state index contributed by atoms with van der Waals surface area (Å²) in [6, 6.07) is 13.3. The van der Waals surface area contributed by atoms with Crippen LogP contribution in [0.3, 0.4) is 0 Å². The van der Waals surface area contributed by atoms with E-state index in [0.29, 0.717) is 19.8 Å². The molecule has 0 spiro atoms. The van der Waals surface area contributed by atoms with Crippen LogP contribution in [-0.4, -0.2) is 58.5 Å². The Morgan fingerprint density at radius 1 is 1.00 bits per heavy atom. The van der Waals surface area contributed by atoms with Gasteiger partial charge in [-0.15, -0.1) is 0 Å². The average Bonchev–Trinajstić information content (AvgIpc) is 3.23. The van der Waals surface area contributed by atoms with Crippen molar-refractivity contribution in [1.29, 1.82) is 0 Å². The summed E-state index contributed by atoms with van der Waals surface area (Å²) in [7, 11) is -3.96. The van der Waals surface area contributed by atoms with Crippen LogP contribution >= 0.6 is 0 Å². The molecule has 9 nitrogen and oxygen atoms in total. The molecule has 1 saturated heterocycles. The molecule has 31 heavy (non-hydrogen) atoms. The zero-order chi connectivity index (χ0) is 22.0. The SMILES string of the molecule is O=[N+]([O-])c1ccccc1S(=O)(=O)N1CCN(Cn2ccc(-c3ccc(F)cc3)n2)CC1. The molecule has 0 unspecified atom stereocenters. The van der Waals surface area contributed by atoms with Crippen LogP contribution in [0, 0.1) is 15.9 Å². The van der Waals surface area contributed by atoms with Crippen LogP contribution in [0.15, 0.2) is 65.7 Å². The fraction of sp³-hybridized carbons (Fsp3) is 0.250. The van der Waals surface area contributed by atoms with Gasteiger partial charge in [0.2, 0.25) is 10.0 Å². The molecule has 0 bridgehead atoms. The van der Waals surface area contributed by atoms with Crippen molar-refractivity contribution in [3.05, 3.63) is 76.7 Å². The lowest BCUT2D eigenvalue weighted by molar-refractivity contribution is -0.387. The van der Waals surface area contributed by atoms with E-state index < -0.39 is 20.6 Å². The first-order chi connectivity index (χ1) is 14.8. The molecule has 1 aromatic heterocycles. The van der Waals surface area contributed by atoms with E-state index in [2.05, 4.69) is 5.10 Å². The van der Waals surface area contributed by atoms with Crippen molar-refractivity contribution in [3.8, 4) is 11.3 Å². The number of hydrogen-bond donors (Lipinski definition) is 0.